The van der Waals surface area contributed by atoms with Gasteiger partial charge in [0.2, 0.25) is 0 Å². The summed E-state index contributed by atoms with van der Waals surface area (Å²) in [5, 5.41) is 18.1. The maximum absolute atomic E-state index is 13.5. The molecule has 0 radical (unpaired) electrons. The number of hydrogen-bond acceptors (Lipinski definition) is 6. The predicted octanol–water partition coefficient (Wildman–Crippen LogP) is 4.45. The van der Waals surface area contributed by atoms with E-state index in [1.165, 1.54) is 9.31 Å². The third kappa shape index (κ3) is 3.77. The Morgan fingerprint density at radius 1 is 1.09 bits per heavy atom. The molecule has 2 unspecified atom stereocenters. The van der Waals surface area contributed by atoms with Gasteiger partial charge < -0.3 is 5.11 Å². The SMILES string of the molecule is Cc1ccc(S(=O)(=O)N2CCC3C(=NN(c4cc(Cl)ccc4Cl)C3O)c3cccnc32)cc1. The van der Waals surface area contributed by atoms with Crippen molar-refractivity contribution in [3.63, 3.8) is 0 Å². The van der Waals surface area contributed by atoms with Crippen molar-refractivity contribution in [3.05, 3.63) is 82.0 Å². The van der Waals surface area contributed by atoms with Gasteiger partial charge in [0.25, 0.3) is 10.0 Å². The maximum atomic E-state index is 13.5. The lowest BCUT2D eigenvalue weighted by Gasteiger charge is -2.26. The number of benzene rings is 2. The number of pyridine rings is 1. The second kappa shape index (κ2) is 8.29. The summed E-state index contributed by atoms with van der Waals surface area (Å²) in [6.07, 6.45) is 0.857. The summed E-state index contributed by atoms with van der Waals surface area (Å²) in [5.41, 5.74) is 2.56. The molecule has 170 valence electrons. The van der Waals surface area contributed by atoms with E-state index in [0.29, 0.717) is 33.4 Å². The number of aryl methyl sites for hydroxylation is 1. The molecule has 0 saturated heterocycles. The van der Waals surface area contributed by atoms with E-state index in [9.17, 15) is 13.5 Å². The predicted molar refractivity (Wildman–Crippen MR) is 130 cm³/mol. The highest BCUT2D eigenvalue weighted by atomic mass is 35.5. The monoisotopic (exact) mass is 502 g/mol. The van der Waals surface area contributed by atoms with Crippen LogP contribution in [-0.2, 0) is 10.0 Å². The molecule has 3 heterocycles. The van der Waals surface area contributed by atoms with Gasteiger partial charge in [-0.3, -0.25) is 0 Å². The van der Waals surface area contributed by atoms with E-state index < -0.39 is 22.2 Å². The summed E-state index contributed by atoms with van der Waals surface area (Å²) in [6.45, 7) is 2.04. The van der Waals surface area contributed by atoms with Gasteiger partial charge in [-0.25, -0.2) is 22.7 Å². The molecule has 0 spiro atoms. The molecular formula is C23H20Cl2N4O3S. The molecule has 0 saturated carbocycles. The molecular weight excluding hydrogens is 483 g/mol. The molecule has 0 fully saturated rings. The zero-order valence-electron chi connectivity index (χ0n) is 17.6. The number of hydrazone groups is 1. The number of aliphatic hydroxyl groups is 1. The molecule has 2 aromatic carbocycles. The molecule has 2 aliphatic heterocycles. The summed E-state index contributed by atoms with van der Waals surface area (Å²) in [7, 11) is -3.86. The van der Waals surface area contributed by atoms with Crippen molar-refractivity contribution in [2.75, 3.05) is 15.9 Å². The van der Waals surface area contributed by atoms with Crippen molar-refractivity contribution in [1.82, 2.24) is 4.98 Å². The zero-order chi connectivity index (χ0) is 23.3. The molecule has 7 nitrogen and oxygen atoms in total. The van der Waals surface area contributed by atoms with E-state index in [4.69, 9.17) is 23.2 Å². The fourth-order valence-corrected chi connectivity index (χ4v) is 6.01. The Morgan fingerprint density at radius 3 is 2.61 bits per heavy atom. The van der Waals surface area contributed by atoms with E-state index in [2.05, 4.69) is 10.1 Å². The average molecular weight is 503 g/mol. The van der Waals surface area contributed by atoms with Crippen LogP contribution in [0.1, 0.15) is 17.5 Å². The smallest absolute Gasteiger partial charge is 0.265 e. The van der Waals surface area contributed by atoms with Crippen LogP contribution >= 0.6 is 23.2 Å². The summed E-state index contributed by atoms with van der Waals surface area (Å²) in [4.78, 5) is 4.59. The van der Waals surface area contributed by atoms with Gasteiger partial charge in [0.1, 0.15) is 0 Å². The molecule has 2 aliphatic rings. The third-order valence-electron chi connectivity index (χ3n) is 5.88. The highest BCUT2D eigenvalue weighted by molar-refractivity contribution is 7.92. The van der Waals surface area contributed by atoms with Gasteiger partial charge in [0.15, 0.2) is 12.0 Å². The summed E-state index contributed by atoms with van der Waals surface area (Å²) >= 11 is 12.5. The van der Waals surface area contributed by atoms with E-state index in [1.807, 2.05) is 6.92 Å². The number of hydrogen-bond donors (Lipinski definition) is 1. The van der Waals surface area contributed by atoms with Crippen LogP contribution in [0.15, 0.2) is 70.8 Å². The minimum absolute atomic E-state index is 0.137. The minimum Gasteiger partial charge on any atom is -0.371 e. The molecule has 0 aliphatic carbocycles. The van der Waals surface area contributed by atoms with Gasteiger partial charge in [-0.2, -0.15) is 5.10 Å². The van der Waals surface area contributed by atoms with Gasteiger partial charge in [-0.05, 0) is 55.8 Å². The number of aliphatic hydroxyl groups excluding tert-OH is 1. The first-order valence-corrected chi connectivity index (χ1v) is 12.5. The van der Waals surface area contributed by atoms with E-state index >= 15 is 0 Å². The molecule has 10 heteroatoms. The van der Waals surface area contributed by atoms with Gasteiger partial charge in [0.05, 0.1) is 27.2 Å². The summed E-state index contributed by atoms with van der Waals surface area (Å²) in [5.74, 6) is -0.160. The van der Waals surface area contributed by atoms with Crippen LogP contribution in [0.3, 0.4) is 0 Å². The van der Waals surface area contributed by atoms with Crippen LogP contribution < -0.4 is 9.31 Å². The molecule has 1 N–H and O–H groups in total. The molecule has 33 heavy (non-hydrogen) atoms. The van der Waals surface area contributed by atoms with Gasteiger partial charge in [0, 0.05) is 23.3 Å². The van der Waals surface area contributed by atoms with E-state index in [-0.39, 0.29) is 17.3 Å². The normalized spacial score (nSPS) is 20.2. The first-order chi connectivity index (χ1) is 15.8. The van der Waals surface area contributed by atoms with Crippen LogP contribution in [0.5, 0.6) is 0 Å². The van der Waals surface area contributed by atoms with Crippen molar-refractivity contribution in [3.8, 4) is 0 Å². The van der Waals surface area contributed by atoms with Crippen LogP contribution in [0.4, 0.5) is 11.5 Å². The lowest BCUT2D eigenvalue weighted by atomic mass is 9.95. The molecule has 1 aromatic heterocycles. The largest absolute Gasteiger partial charge is 0.371 e. The standard InChI is InChI=1S/C23H20Cl2N4O3S/c1-14-4-7-16(8-5-14)33(31,32)28-12-10-18-21(17-3-2-11-26-22(17)28)27-29(23(18)30)20-13-15(24)6-9-19(20)25/h2-9,11,13,18,23,30H,10,12H2,1H3. The number of halogens is 2. The topological polar surface area (TPSA) is 86.1 Å². The maximum Gasteiger partial charge on any atom is 0.265 e. The van der Waals surface area contributed by atoms with Crippen LogP contribution in [0.25, 0.3) is 0 Å². The Bertz CT molecular complexity index is 1360. The second-order valence-electron chi connectivity index (χ2n) is 8.00. The van der Waals surface area contributed by atoms with Crippen LogP contribution in [-0.4, -0.2) is 37.0 Å². The summed E-state index contributed by atoms with van der Waals surface area (Å²) < 4.78 is 28.4. The molecule has 3 aromatic rings. The van der Waals surface area contributed by atoms with Crippen molar-refractivity contribution < 1.29 is 13.5 Å². The van der Waals surface area contributed by atoms with Crippen molar-refractivity contribution >= 4 is 50.4 Å². The molecule has 0 bridgehead atoms. The van der Waals surface area contributed by atoms with Gasteiger partial charge in [-0.15, -0.1) is 0 Å². The zero-order valence-corrected chi connectivity index (χ0v) is 19.9. The van der Waals surface area contributed by atoms with Crippen molar-refractivity contribution in [2.45, 2.75) is 24.5 Å². The summed E-state index contributed by atoms with van der Waals surface area (Å²) in [6, 6.07) is 15.1. The van der Waals surface area contributed by atoms with Gasteiger partial charge in [-0.1, -0.05) is 40.9 Å². The first-order valence-electron chi connectivity index (χ1n) is 10.3. The Balaban J connectivity index is 1.61. The minimum atomic E-state index is -3.86. The lowest BCUT2D eigenvalue weighted by Crippen LogP contribution is -2.36. The first kappa shape index (κ1) is 22.2. The Morgan fingerprint density at radius 2 is 1.85 bits per heavy atom. The molecule has 2 atom stereocenters. The lowest BCUT2D eigenvalue weighted by molar-refractivity contribution is 0.143. The second-order valence-corrected chi connectivity index (χ2v) is 10.7. The Labute approximate surface area is 201 Å². The number of sulfonamides is 1. The number of aromatic nitrogens is 1. The van der Waals surface area contributed by atoms with Gasteiger partial charge >= 0.3 is 0 Å². The van der Waals surface area contributed by atoms with Crippen molar-refractivity contribution in [1.29, 1.82) is 0 Å². The van der Waals surface area contributed by atoms with Crippen LogP contribution in [0, 0.1) is 12.8 Å². The highest BCUT2D eigenvalue weighted by Gasteiger charge is 2.43. The Hall–Kier alpha value is -2.65. The fraction of sp³-hybridized carbons (Fsp3) is 0.217. The van der Waals surface area contributed by atoms with E-state index in [0.717, 1.165) is 5.56 Å². The Kier molecular flexibility index (Phi) is 5.56. The van der Waals surface area contributed by atoms with Crippen LogP contribution in [0.2, 0.25) is 10.0 Å². The molecule has 5 rings (SSSR count). The van der Waals surface area contributed by atoms with Crippen molar-refractivity contribution in [2.24, 2.45) is 11.0 Å². The highest BCUT2D eigenvalue weighted by Crippen LogP contribution is 2.40. The number of rotatable bonds is 3. The van der Waals surface area contributed by atoms with E-state index in [1.54, 1.807) is 60.8 Å². The number of fused-ring (bicyclic) bond motifs is 3. The fourth-order valence-electron chi connectivity index (χ4n) is 4.19. The third-order valence-corrected chi connectivity index (χ3v) is 8.24. The number of nitrogens with zero attached hydrogens (tertiary/aromatic N) is 4. The number of anilines is 2. The molecule has 0 amide bonds. The quantitative estimate of drug-likeness (QED) is 0.571. The average Bonchev–Trinajstić information content (AvgIpc) is 3.02.